The zero-order valence-corrected chi connectivity index (χ0v) is 14.6. The van der Waals surface area contributed by atoms with Gasteiger partial charge in [0.05, 0.1) is 6.04 Å². The van der Waals surface area contributed by atoms with Gasteiger partial charge in [-0.15, -0.1) is 0 Å². The van der Waals surface area contributed by atoms with Crippen molar-refractivity contribution in [3.8, 4) is 0 Å². The van der Waals surface area contributed by atoms with E-state index in [0.29, 0.717) is 6.04 Å². The van der Waals surface area contributed by atoms with Gasteiger partial charge in [-0.1, -0.05) is 30.3 Å². The van der Waals surface area contributed by atoms with E-state index in [2.05, 4.69) is 29.4 Å². The van der Waals surface area contributed by atoms with E-state index in [1.807, 2.05) is 39.0 Å². The minimum absolute atomic E-state index is 0.0168. The highest BCUT2D eigenvalue weighted by molar-refractivity contribution is 5.68. The molecule has 1 aromatic rings. The van der Waals surface area contributed by atoms with Crippen LogP contribution in [0.25, 0.3) is 0 Å². The molecular formula is C19H28N2O2. The summed E-state index contributed by atoms with van der Waals surface area (Å²) in [5.74, 6) is 0. The summed E-state index contributed by atoms with van der Waals surface area (Å²) in [6.07, 6.45) is 4.36. The molecule has 2 saturated heterocycles. The molecule has 4 nitrogen and oxygen atoms in total. The number of ether oxygens (including phenoxy) is 1. The molecule has 2 heterocycles. The second-order valence-electron chi connectivity index (χ2n) is 7.94. The quantitative estimate of drug-likeness (QED) is 0.920. The average molecular weight is 316 g/mol. The summed E-state index contributed by atoms with van der Waals surface area (Å²) in [6, 6.07) is 10.9. The van der Waals surface area contributed by atoms with Crippen molar-refractivity contribution in [2.45, 2.75) is 69.7 Å². The van der Waals surface area contributed by atoms with Crippen molar-refractivity contribution in [2.24, 2.45) is 0 Å². The maximum atomic E-state index is 12.4. The first-order chi connectivity index (χ1) is 10.8. The topological polar surface area (TPSA) is 41.6 Å². The first-order valence-corrected chi connectivity index (χ1v) is 8.59. The number of rotatable bonds is 3. The maximum Gasteiger partial charge on any atom is 0.408 e. The molecule has 0 spiro atoms. The van der Waals surface area contributed by atoms with Crippen LogP contribution in [0, 0.1) is 0 Å². The van der Waals surface area contributed by atoms with Gasteiger partial charge in [-0.05, 0) is 59.1 Å². The van der Waals surface area contributed by atoms with Gasteiger partial charge in [0.25, 0.3) is 0 Å². The molecule has 1 N–H and O–H groups in total. The highest BCUT2D eigenvalue weighted by Gasteiger charge is 2.54. The second kappa shape index (κ2) is 5.82. The highest BCUT2D eigenvalue weighted by atomic mass is 16.6. The van der Waals surface area contributed by atoms with Crippen molar-refractivity contribution in [3.05, 3.63) is 35.9 Å². The van der Waals surface area contributed by atoms with E-state index < -0.39 is 5.60 Å². The molecule has 3 rings (SSSR count). The number of carbonyl (C=O) groups excluding carboxylic acids is 1. The number of carbonyl (C=O) groups is 1. The van der Waals surface area contributed by atoms with Gasteiger partial charge in [0.2, 0.25) is 0 Å². The summed E-state index contributed by atoms with van der Waals surface area (Å²) < 4.78 is 5.52. The molecule has 2 fully saturated rings. The average Bonchev–Trinajstić information content (AvgIpc) is 2.98. The lowest BCUT2D eigenvalue weighted by atomic mass is 9.78. The largest absolute Gasteiger partial charge is 0.444 e. The van der Waals surface area contributed by atoms with Crippen LogP contribution in [0.5, 0.6) is 0 Å². The summed E-state index contributed by atoms with van der Waals surface area (Å²) in [4.78, 5) is 14.9. The Kier molecular flexibility index (Phi) is 4.13. The predicted molar refractivity (Wildman–Crippen MR) is 91.3 cm³/mol. The first kappa shape index (κ1) is 16.3. The number of nitrogens with zero attached hydrogens (tertiary/aromatic N) is 1. The van der Waals surface area contributed by atoms with Crippen LogP contribution in [0.3, 0.4) is 0 Å². The van der Waals surface area contributed by atoms with E-state index in [1.165, 1.54) is 12.8 Å². The molecule has 1 atom stereocenters. The Morgan fingerprint density at radius 1 is 1.26 bits per heavy atom. The molecule has 1 amide bonds. The lowest BCUT2D eigenvalue weighted by Crippen LogP contribution is -2.51. The molecule has 2 aliphatic rings. The molecule has 23 heavy (non-hydrogen) atoms. The predicted octanol–water partition coefficient (Wildman–Crippen LogP) is 3.88. The number of fused-ring (bicyclic) bond motifs is 2. The monoisotopic (exact) mass is 316 g/mol. The van der Waals surface area contributed by atoms with Crippen LogP contribution in [0.15, 0.2) is 30.3 Å². The molecule has 126 valence electrons. The molecule has 2 aliphatic heterocycles. The summed E-state index contributed by atoms with van der Waals surface area (Å²) in [5.41, 5.74) is 0.693. The fraction of sp³-hybridized carbons (Fsp3) is 0.632. The van der Waals surface area contributed by atoms with Gasteiger partial charge < -0.3 is 10.1 Å². The van der Waals surface area contributed by atoms with Crippen LogP contribution in [-0.4, -0.2) is 35.2 Å². The molecule has 0 radical (unpaired) electrons. The minimum atomic E-state index is -0.483. The third kappa shape index (κ3) is 3.09. The third-order valence-corrected chi connectivity index (χ3v) is 5.40. The smallest absolute Gasteiger partial charge is 0.408 e. The zero-order valence-electron chi connectivity index (χ0n) is 14.6. The number of amides is 1. The second-order valence-corrected chi connectivity index (χ2v) is 7.94. The van der Waals surface area contributed by atoms with E-state index in [4.69, 9.17) is 4.74 Å². The van der Waals surface area contributed by atoms with Gasteiger partial charge in [-0.3, -0.25) is 4.90 Å². The molecule has 0 aromatic heterocycles. The zero-order chi connectivity index (χ0) is 16.7. The molecule has 1 aromatic carbocycles. The summed E-state index contributed by atoms with van der Waals surface area (Å²) in [7, 11) is 2.21. The number of nitrogens with one attached hydrogen (secondary N) is 1. The lowest BCUT2D eigenvalue weighted by Gasteiger charge is -2.41. The number of likely N-dealkylation sites (N-methyl/N-ethyl adjacent to an activating group) is 1. The molecule has 0 unspecified atom stereocenters. The van der Waals surface area contributed by atoms with Crippen molar-refractivity contribution in [3.63, 3.8) is 0 Å². The molecule has 0 aliphatic carbocycles. The van der Waals surface area contributed by atoms with Crippen LogP contribution < -0.4 is 5.32 Å². The maximum absolute atomic E-state index is 12.4. The number of alkyl carbamates (subject to hydrolysis) is 1. The summed E-state index contributed by atoms with van der Waals surface area (Å²) in [5, 5.41) is 3.18. The minimum Gasteiger partial charge on any atom is -0.444 e. The van der Waals surface area contributed by atoms with Gasteiger partial charge in [0, 0.05) is 11.6 Å². The molecule has 2 bridgehead atoms. The first-order valence-electron chi connectivity index (χ1n) is 8.59. The summed E-state index contributed by atoms with van der Waals surface area (Å²) in [6.45, 7) is 5.70. The van der Waals surface area contributed by atoms with Crippen molar-refractivity contribution in [1.29, 1.82) is 0 Å². The van der Waals surface area contributed by atoms with Crippen molar-refractivity contribution in [1.82, 2.24) is 10.2 Å². The number of hydrogen-bond donors (Lipinski definition) is 1. The fourth-order valence-electron chi connectivity index (χ4n) is 4.30. The van der Waals surface area contributed by atoms with E-state index in [-0.39, 0.29) is 17.7 Å². The number of benzene rings is 1. The van der Waals surface area contributed by atoms with Gasteiger partial charge in [0.1, 0.15) is 5.60 Å². The molecule has 4 heteroatoms. The Morgan fingerprint density at radius 2 is 1.87 bits per heavy atom. The molecule has 0 saturated carbocycles. The van der Waals surface area contributed by atoms with Crippen LogP contribution in [0.2, 0.25) is 0 Å². The third-order valence-electron chi connectivity index (χ3n) is 5.40. The van der Waals surface area contributed by atoms with Crippen molar-refractivity contribution >= 4 is 6.09 Å². The van der Waals surface area contributed by atoms with E-state index >= 15 is 0 Å². The van der Waals surface area contributed by atoms with Crippen LogP contribution in [0.4, 0.5) is 4.79 Å². The van der Waals surface area contributed by atoms with E-state index in [9.17, 15) is 4.79 Å². The van der Waals surface area contributed by atoms with Crippen LogP contribution in [0.1, 0.15) is 58.1 Å². The van der Waals surface area contributed by atoms with Crippen LogP contribution >= 0.6 is 0 Å². The Balaban J connectivity index is 1.88. The van der Waals surface area contributed by atoms with Gasteiger partial charge in [-0.25, -0.2) is 4.79 Å². The molecular weight excluding hydrogens is 288 g/mol. The van der Waals surface area contributed by atoms with Gasteiger partial charge in [0.15, 0.2) is 0 Å². The Morgan fingerprint density at radius 3 is 2.35 bits per heavy atom. The standard InChI is InChI=1S/C19H28N2O2/c1-18(2,3)23-17(22)20-16(14-8-6-5-7-9-14)19-12-10-15(11-13-19)21(19)4/h5-9,15-16H,10-13H2,1-4H3,(H,20,22)/t15?,16-,19?/m1/s1. The lowest BCUT2D eigenvalue weighted by molar-refractivity contribution is 0.0419. The normalized spacial score (nSPS) is 28.6. The summed E-state index contributed by atoms with van der Waals surface area (Å²) >= 11 is 0. The van der Waals surface area contributed by atoms with Crippen molar-refractivity contribution in [2.75, 3.05) is 7.05 Å². The van der Waals surface area contributed by atoms with Crippen molar-refractivity contribution < 1.29 is 9.53 Å². The SMILES string of the molecule is CN1C2CCC1([C@H](NC(=O)OC(C)(C)C)c1ccccc1)CC2. The van der Waals surface area contributed by atoms with Gasteiger partial charge in [-0.2, -0.15) is 0 Å². The highest BCUT2D eigenvalue weighted by Crippen LogP contribution is 2.51. The Hall–Kier alpha value is -1.55. The van der Waals surface area contributed by atoms with Gasteiger partial charge >= 0.3 is 6.09 Å². The van der Waals surface area contributed by atoms with E-state index in [1.54, 1.807) is 0 Å². The number of hydrogen-bond acceptors (Lipinski definition) is 3. The fourth-order valence-corrected chi connectivity index (χ4v) is 4.30. The Bertz CT molecular complexity index is 556. The Labute approximate surface area is 139 Å². The van der Waals surface area contributed by atoms with Crippen LogP contribution in [-0.2, 0) is 4.74 Å². The van der Waals surface area contributed by atoms with E-state index in [0.717, 1.165) is 18.4 Å².